The molecular weight excluding hydrogens is 310 g/mol. The van der Waals surface area contributed by atoms with Crippen LogP contribution < -0.4 is 0 Å². The molecule has 0 radical (unpaired) electrons. The van der Waals surface area contributed by atoms with Gasteiger partial charge in [-0.05, 0) is 26.1 Å². The Morgan fingerprint density at radius 2 is 1.40 bits per heavy atom. The fourth-order valence-corrected chi connectivity index (χ4v) is 3.12. The topological polar surface area (TPSA) is 29.5 Å². The van der Waals surface area contributed by atoms with Crippen molar-refractivity contribution in [3.05, 3.63) is 35.9 Å². The van der Waals surface area contributed by atoms with Crippen molar-refractivity contribution in [1.82, 2.24) is 4.90 Å². The maximum atomic E-state index is 12.4. The zero-order valence-electron chi connectivity index (χ0n) is 16.5. The number of nitrogens with zero attached hydrogens (tertiary/aromatic N) is 1. The minimum Gasteiger partial charge on any atom is -0.464 e. The van der Waals surface area contributed by atoms with Gasteiger partial charge in [-0.1, -0.05) is 95.0 Å². The summed E-state index contributed by atoms with van der Waals surface area (Å²) in [5.41, 5.74) is 0.987. The summed E-state index contributed by atoms with van der Waals surface area (Å²) >= 11 is 0. The Hall–Kier alpha value is -1.35. The molecule has 1 unspecified atom stereocenters. The lowest BCUT2D eigenvalue weighted by atomic mass is 10.1. The fourth-order valence-electron chi connectivity index (χ4n) is 3.12. The van der Waals surface area contributed by atoms with Gasteiger partial charge < -0.3 is 4.74 Å². The van der Waals surface area contributed by atoms with Gasteiger partial charge in [-0.2, -0.15) is 0 Å². The molecule has 0 fully saturated rings. The SMILES string of the molecule is CCCCCCCCCCCCOC(=O)C(c1ccccc1)N(C)C. The number of hydrogen-bond acceptors (Lipinski definition) is 3. The number of ether oxygens (including phenoxy) is 1. The van der Waals surface area contributed by atoms with Crippen LogP contribution in [0.4, 0.5) is 0 Å². The third-order valence-electron chi connectivity index (χ3n) is 4.60. The maximum absolute atomic E-state index is 12.4. The lowest BCUT2D eigenvalue weighted by molar-refractivity contribution is -0.149. The molecule has 0 aromatic heterocycles. The summed E-state index contributed by atoms with van der Waals surface area (Å²) in [7, 11) is 3.83. The predicted octanol–water partition coefficient (Wildman–Crippen LogP) is 5.75. The van der Waals surface area contributed by atoms with Crippen molar-refractivity contribution in [3.8, 4) is 0 Å². The smallest absolute Gasteiger partial charge is 0.327 e. The molecule has 1 rings (SSSR count). The molecule has 0 aliphatic carbocycles. The van der Waals surface area contributed by atoms with Gasteiger partial charge in [0.2, 0.25) is 0 Å². The first-order valence-electron chi connectivity index (χ1n) is 10.0. The van der Waals surface area contributed by atoms with E-state index < -0.39 is 0 Å². The first kappa shape index (κ1) is 21.7. The molecule has 0 aliphatic rings. The van der Waals surface area contributed by atoms with Crippen LogP contribution in [0, 0.1) is 0 Å². The average molecular weight is 348 g/mol. The number of hydrogen-bond donors (Lipinski definition) is 0. The van der Waals surface area contributed by atoms with E-state index in [2.05, 4.69) is 6.92 Å². The van der Waals surface area contributed by atoms with Crippen molar-refractivity contribution in [2.24, 2.45) is 0 Å². The summed E-state index contributed by atoms with van der Waals surface area (Å²) in [6.07, 6.45) is 12.9. The molecule has 0 aliphatic heterocycles. The molecule has 0 bridgehead atoms. The Kier molecular flexibility index (Phi) is 12.0. The summed E-state index contributed by atoms with van der Waals surface area (Å²) in [5, 5.41) is 0. The molecule has 0 spiro atoms. The Bertz CT molecular complexity index is 445. The Morgan fingerprint density at radius 1 is 0.880 bits per heavy atom. The third kappa shape index (κ3) is 9.64. The Morgan fingerprint density at radius 3 is 1.92 bits per heavy atom. The van der Waals surface area contributed by atoms with E-state index in [9.17, 15) is 4.79 Å². The zero-order valence-corrected chi connectivity index (χ0v) is 16.5. The van der Waals surface area contributed by atoms with E-state index in [-0.39, 0.29) is 12.0 Å². The van der Waals surface area contributed by atoms with Gasteiger partial charge in [0, 0.05) is 0 Å². The van der Waals surface area contributed by atoms with Crippen LogP contribution in [-0.2, 0) is 9.53 Å². The molecule has 0 saturated heterocycles. The third-order valence-corrected chi connectivity index (χ3v) is 4.60. The highest BCUT2D eigenvalue weighted by Gasteiger charge is 2.23. The second-order valence-corrected chi connectivity index (χ2v) is 7.13. The van der Waals surface area contributed by atoms with Crippen LogP contribution in [0.25, 0.3) is 0 Å². The second kappa shape index (κ2) is 13.9. The fraction of sp³-hybridized carbons (Fsp3) is 0.682. The van der Waals surface area contributed by atoms with E-state index in [0.717, 1.165) is 18.4 Å². The van der Waals surface area contributed by atoms with Gasteiger partial charge in [-0.15, -0.1) is 0 Å². The maximum Gasteiger partial charge on any atom is 0.327 e. The van der Waals surface area contributed by atoms with Crippen molar-refractivity contribution in [2.45, 2.75) is 77.2 Å². The molecule has 3 nitrogen and oxygen atoms in total. The molecule has 0 amide bonds. The first-order chi connectivity index (χ1) is 12.2. The van der Waals surface area contributed by atoms with Crippen molar-refractivity contribution in [2.75, 3.05) is 20.7 Å². The monoisotopic (exact) mass is 347 g/mol. The second-order valence-electron chi connectivity index (χ2n) is 7.13. The van der Waals surface area contributed by atoms with Gasteiger partial charge >= 0.3 is 5.97 Å². The van der Waals surface area contributed by atoms with Crippen LogP contribution in [0.1, 0.15) is 82.7 Å². The molecule has 0 heterocycles. The molecule has 142 valence electrons. The van der Waals surface area contributed by atoms with Crippen molar-refractivity contribution in [3.63, 3.8) is 0 Å². The summed E-state index contributed by atoms with van der Waals surface area (Å²) in [5.74, 6) is -0.146. The quantitative estimate of drug-likeness (QED) is 0.317. The van der Waals surface area contributed by atoms with Crippen LogP contribution in [-0.4, -0.2) is 31.6 Å². The van der Waals surface area contributed by atoms with E-state index in [1.807, 2.05) is 49.3 Å². The molecule has 3 heteroatoms. The normalized spacial score (nSPS) is 12.3. The number of esters is 1. The Labute approximate surface area is 154 Å². The highest BCUT2D eigenvalue weighted by Crippen LogP contribution is 2.19. The van der Waals surface area contributed by atoms with Crippen molar-refractivity contribution in [1.29, 1.82) is 0 Å². The van der Waals surface area contributed by atoms with Crippen molar-refractivity contribution < 1.29 is 9.53 Å². The number of benzene rings is 1. The van der Waals surface area contributed by atoms with Gasteiger partial charge in [0.25, 0.3) is 0 Å². The van der Waals surface area contributed by atoms with Crippen LogP contribution >= 0.6 is 0 Å². The van der Waals surface area contributed by atoms with Crippen molar-refractivity contribution >= 4 is 5.97 Å². The molecule has 1 aromatic rings. The Balaban J connectivity index is 2.11. The average Bonchev–Trinajstić information content (AvgIpc) is 2.60. The summed E-state index contributed by atoms with van der Waals surface area (Å²) in [6, 6.07) is 9.52. The number of carbonyl (C=O) groups excluding carboxylic acids is 1. The minimum absolute atomic E-state index is 0.146. The molecule has 1 aromatic carbocycles. The van der Waals surface area contributed by atoms with Gasteiger partial charge in [0.1, 0.15) is 6.04 Å². The van der Waals surface area contributed by atoms with Crippen LogP contribution in [0.3, 0.4) is 0 Å². The minimum atomic E-state index is -0.315. The lowest BCUT2D eigenvalue weighted by Crippen LogP contribution is -2.29. The highest BCUT2D eigenvalue weighted by atomic mass is 16.5. The van der Waals surface area contributed by atoms with Gasteiger partial charge in [0.05, 0.1) is 6.61 Å². The zero-order chi connectivity index (χ0) is 18.3. The van der Waals surface area contributed by atoms with Gasteiger partial charge in [0.15, 0.2) is 0 Å². The van der Waals surface area contributed by atoms with Crippen LogP contribution in [0.5, 0.6) is 0 Å². The molecular formula is C22H37NO2. The molecule has 1 atom stereocenters. The number of unbranched alkanes of at least 4 members (excludes halogenated alkanes) is 9. The summed E-state index contributed by atoms with van der Waals surface area (Å²) in [6.45, 7) is 2.79. The predicted molar refractivity (Wildman–Crippen MR) is 106 cm³/mol. The van der Waals surface area contributed by atoms with E-state index in [0.29, 0.717) is 6.61 Å². The van der Waals surface area contributed by atoms with Crippen LogP contribution in [0.2, 0.25) is 0 Å². The standard InChI is InChI=1S/C22H37NO2/c1-4-5-6-7-8-9-10-11-12-16-19-25-22(24)21(23(2)3)20-17-14-13-15-18-20/h13-15,17-18,21H,4-12,16,19H2,1-3H3. The largest absolute Gasteiger partial charge is 0.464 e. The summed E-state index contributed by atoms with van der Waals surface area (Å²) in [4.78, 5) is 14.3. The number of carbonyl (C=O) groups is 1. The van der Waals surface area contributed by atoms with E-state index in [1.165, 1.54) is 51.4 Å². The molecule has 25 heavy (non-hydrogen) atoms. The first-order valence-corrected chi connectivity index (χ1v) is 10.0. The number of likely N-dealkylation sites (N-methyl/N-ethyl adjacent to an activating group) is 1. The number of rotatable bonds is 14. The van der Waals surface area contributed by atoms with E-state index in [1.54, 1.807) is 0 Å². The lowest BCUT2D eigenvalue weighted by Gasteiger charge is -2.22. The highest BCUT2D eigenvalue weighted by molar-refractivity contribution is 5.77. The van der Waals surface area contributed by atoms with E-state index >= 15 is 0 Å². The van der Waals surface area contributed by atoms with Gasteiger partial charge in [-0.25, -0.2) is 4.79 Å². The van der Waals surface area contributed by atoms with Gasteiger partial charge in [-0.3, -0.25) is 4.90 Å². The van der Waals surface area contributed by atoms with E-state index in [4.69, 9.17) is 4.74 Å². The molecule has 0 N–H and O–H groups in total. The summed E-state index contributed by atoms with van der Waals surface area (Å²) < 4.78 is 5.51. The van der Waals surface area contributed by atoms with Crippen LogP contribution in [0.15, 0.2) is 30.3 Å². The molecule has 0 saturated carbocycles.